The van der Waals surface area contributed by atoms with Gasteiger partial charge in [-0.3, -0.25) is 0 Å². The van der Waals surface area contributed by atoms with Crippen molar-refractivity contribution in [3.8, 4) is 11.6 Å². The fourth-order valence-electron chi connectivity index (χ4n) is 2.12. The van der Waals surface area contributed by atoms with Crippen LogP contribution in [-0.4, -0.2) is 26.6 Å². The summed E-state index contributed by atoms with van der Waals surface area (Å²) in [4.78, 5) is 15.8. The van der Waals surface area contributed by atoms with Crippen LogP contribution < -0.4 is 15.7 Å². The van der Waals surface area contributed by atoms with Crippen LogP contribution in [0.5, 0.6) is 11.6 Å². The van der Waals surface area contributed by atoms with Gasteiger partial charge in [0.15, 0.2) is 5.65 Å². The van der Waals surface area contributed by atoms with E-state index in [1.807, 2.05) is 31.3 Å². The Hall–Kier alpha value is -2.67. The van der Waals surface area contributed by atoms with Gasteiger partial charge in [0, 0.05) is 12.6 Å². The minimum Gasteiger partial charge on any atom is -0.439 e. The van der Waals surface area contributed by atoms with E-state index in [-0.39, 0.29) is 5.69 Å². The van der Waals surface area contributed by atoms with Crippen LogP contribution in [0.15, 0.2) is 35.1 Å². The highest BCUT2D eigenvalue weighted by Crippen LogP contribution is 2.20. The Bertz CT molecular complexity index is 819. The molecule has 108 valence electrons. The summed E-state index contributed by atoms with van der Waals surface area (Å²) in [6.07, 6.45) is 0. The van der Waals surface area contributed by atoms with E-state index in [1.165, 1.54) is 9.96 Å². The first kappa shape index (κ1) is 13.3. The van der Waals surface area contributed by atoms with E-state index in [1.54, 1.807) is 13.0 Å². The van der Waals surface area contributed by atoms with E-state index >= 15 is 0 Å². The van der Waals surface area contributed by atoms with Crippen molar-refractivity contribution in [3.05, 3.63) is 52.2 Å². The number of hydrogen-bond acceptors (Lipinski definition) is 5. The van der Waals surface area contributed by atoms with Gasteiger partial charge in [0.25, 0.3) is 0 Å². The van der Waals surface area contributed by atoms with E-state index in [4.69, 9.17) is 4.74 Å². The van der Waals surface area contributed by atoms with Gasteiger partial charge in [-0.1, -0.05) is 12.1 Å². The van der Waals surface area contributed by atoms with Gasteiger partial charge in [0.2, 0.25) is 5.88 Å². The minimum atomic E-state index is -0.307. The highest BCUT2D eigenvalue weighted by Gasteiger charge is 2.08. The van der Waals surface area contributed by atoms with Crippen LogP contribution in [0.25, 0.3) is 5.65 Å². The third-order valence-electron chi connectivity index (χ3n) is 3.07. The van der Waals surface area contributed by atoms with Crippen molar-refractivity contribution in [2.45, 2.75) is 13.5 Å². The van der Waals surface area contributed by atoms with Crippen molar-refractivity contribution in [2.75, 3.05) is 7.05 Å². The lowest BCUT2D eigenvalue weighted by Crippen LogP contribution is -2.13. The molecule has 0 aliphatic carbocycles. The third-order valence-corrected chi connectivity index (χ3v) is 3.07. The van der Waals surface area contributed by atoms with Crippen LogP contribution in [0, 0.1) is 6.92 Å². The molecular weight excluding hydrogens is 270 g/mol. The van der Waals surface area contributed by atoms with E-state index in [9.17, 15) is 4.79 Å². The quantitative estimate of drug-likeness (QED) is 0.753. The molecule has 2 heterocycles. The molecule has 21 heavy (non-hydrogen) atoms. The second-order valence-corrected chi connectivity index (χ2v) is 4.64. The molecule has 0 amide bonds. The maximum absolute atomic E-state index is 11.5. The molecule has 0 saturated heterocycles. The summed E-state index contributed by atoms with van der Waals surface area (Å²) < 4.78 is 7.10. The highest BCUT2D eigenvalue weighted by atomic mass is 16.5. The lowest BCUT2D eigenvalue weighted by Gasteiger charge is -2.07. The van der Waals surface area contributed by atoms with Crippen molar-refractivity contribution in [3.63, 3.8) is 0 Å². The molecule has 0 saturated carbocycles. The second-order valence-electron chi connectivity index (χ2n) is 4.64. The summed E-state index contributed by atoms with van der Waals surface area (Å²) in [5.74, 6) is 1.61. The van der Waals surface area contributed by atoms with Crippen molar-refractivity contribution in [1.29, 1.82) is 0 Å². The normalized spacial score (nSPS) is 11.0. The van der Waals surface area contributed by atoms with Crippen LogP contribution in [0.4, 0.5) is 0 Å². The molecule has 3 aromatic rings. The van der Waals surface area contributed by atoms with Gasteiger partial charge < -0.3 is 10.1 Å². The first-order chi connectivity index (χ1) is 10.2. The molecule has 0 aliphatic heterocycles. The number of hydrogen-bond donors (Lipinski definition) is 2. The molecule has 3 rings (SSSR count). The number of nitrogens with one attached hydrogen (secondary N) is 2. The van der Waals surface area contributed by atoms with Gasteiger partial charge in [-0.05, 0) is 31.7 Å². The number of aromatic nitrogens is 4. The van der Waals surface area contributed by atoms with Crippen molar-refractivity contribution in [1.82, 2.24) is 24.9 Å². The maximum atomic E-state index is 11.5. The van der Waals surface area contributed by atoms with E-state index < -0.39 is 0 Å². The molecule has 0 unspecified atom stereocenters. The number of H-pyrrole nitrogens is 1. The summed E-state index contributed by atoms with van der Waals surface area (Å²) in [6, 6.07) is 9.34. The second kappa shape index (κ2) is 5.37. The first-order valence-corrected chi connectivity index (χ1v) is 6.53. The zero-order valence-electron chi connectivity index (χ0n) is 11.8. The van der Waals surface area contributed by atoms with Gasteiger partial charge in [0.05, 0.1) is 0 Å². The minimum absolute atomic E-state index is 0.307. The predicted molar refractivity (Wildman–Crippen MR) is 77.6 cm³/mol. The Morgan fingerprint density at radius 3 is 2.81 bits per heavy atom. The fraction of sp³-hybridized carbons (Fsp3) is 0.214. The van der Waals surface area contributed by atoms with Gasteiger partial charge in [0.1, 0.15) is 11.6 Å². The molecule has 0 atom stereocenters. The Morgan fingerprint density at radius 2 is 2.10 bits per heavy atom. The molecule has 0 fully saturated rings. The summed E-state index contributed by atoms with van der Waals surface area (Å²) in [6.45, 7) is 2.53. The predicted octanol–water partition coefficient (Wildman–Crippen LogP) is 1.24. The number of aromatic amines is 1. The highest BCUT2D eigenvalue weighted by molar-refractivity contribution is 5.42. The van der Waals surface area contributed by atoms with Crippen LogP contribution in [0.1, 0.15) is 11.4 Å². The van der Waals surface area contributed by atoms with Gasteiger partial charge in [-0.2, -0.15) is 10.1 Å². The fourth-order valence-corrected chi connectivity index (χ4v) is 2.12. The van der Waals surface area contributed by atoms with Crippen molar-refractivity contribution in [2.24, 2.45) is 0 Å². The molecule has 2 aromatic heterocycles. The zero-order valence-corrected chi connectivity index (χ0v) is 11.8. The number of aryl methyl sites for hydroxylation is 1. The summed E-state index contributed by atoms with van der Waals surface area (Å²) in [7, 11) is 1.90. The standard InChI is InChI=1S/C14H15N5O2/c1-9-16-13(7-12-17-18-14(20)19(9)12)21-11-5-3-10(4-6-11)8-15-2/h3-7,15H,8H2,1-2H3,(H,18,20). The number of rotatable bonds is 4. The number of nitrogens with zero attached hydrogens (tertiary/aromatic N) is 3. The van der Waals surface area contributed by atoms with Crippen LogP contribution in [0.2, 0.25) is 0 Å². The average Bonchev–Trinajstić information content (AvgIpc) is 2.83. The largest absolute Gasteiger partial charge is 0.439 e. The lowest BCUT2D eigenvalue weighted by atomic mass is 10.2. The van der Waals surface area contributed by atoms with Gasteiger partial charge in [-0.15, -0.1) is 0 Å². The molecule has 0 bridgehead atoms. The molecule has 0 radical (unpaired) electrons. The Morgan fingerprint density at radius 1 is 1.33 bits per heavy atom. The van der Waals surface area contributed by atoms with Gasteiger partial charge >= 0.3 is 5.69 Å². The Balaban J connectivity index is 1.89. The summed E-state index contributed by atoms with van der Waals surface area (Å²) in [5, 5.41) is 9.39. The van der Waals surface area contributed by atoms with Crippen molar-refractivity contribution < 1.29 is 4.74 Å². The lowest BCUT2D eigenvalue weighted by molar-refractivity contribution is 0.459. The zero-order chi connectivity index (χ0) is 14.8. The summed E-state index contributed by atoms with van der Waals surface area (Å²) in [5.41, 5.74) is 1.34. The van der Waals surface area contributed by atoms with E-state index in [0.29, 0.717) is 23.1 Å². The molecule has 7 heteroatoms. The van der Waals surface area contributed by atoms with Crippen molar-refractivity contribution >= 4 is 5.65 Å². The monoisotopic (exact) mass is 285 g/mol. The van der Waals surface area contributed by atoms with Crippen LogP contribution in [-0.2, 0) is 6.54 Å². The Labute approximate surface area is 120 Å². The topological polar surface area (TPSA) is 84.3 Å². The molecule has 0 spiro atoms. The average molecular weight is 285 g/mol. The summed E-state index contributed by atoms with van der Waals surface area (Å²) >= 11 is 0. The smallest absolute Gasteiger partial charge is 0.349 e. The van der Waals surface area contributed by atoms with Crippen LogP contribution in [0.3, 0.4) is 0 Å². The maximum Gasteiger partial charge on any atom is 0.349 e. The molecule has 2 N–H and O–H groups in total. The van der Waals surface area contributed by atoms with Crippen LogP contribution >= 0.6 is 0 Å². The number of ether oxygens (including phenoxy) is 1. The number of fused-ring (bicyclic) bond motifs is 1. The molecule has 1 aromatic carbocycles. The molecule has 0 aliphatic rings. The Kier molecular flexibility index (Phi) is 3.41. The van der Waals surface area contributed by atoms with E-state index in [2.05, 4.69) is 20.5 Å². The van der Waals surface area contributed by atoms with Gasteiger partial charge in [-0.25, -0.2) is 14.3 Å². The number of benzene rings is 1. The first-order valence-electron chi connectivity index (χ1n) is 6.53. The molecule has 7 nitrogen and oxygen atoms in total. The molecular formula is C14H15N5O2. The SMILES string of the molecule is CNCc1ccc(Oc2cc3n[nH]c(=O)n3c(C)n2)cc1. The van der Waals surface area contributed by atoms with E-state index in [0.717, 1.165) is 6.54 Å². The third kappa shape index (κ3) is 2.63.